The first kappa shape index (κ1) is 18.0. The third-order valence-corrected chi connectivity index (χ3v) is 5.31. The number of benzene rings is 1. The Hall–Kier alpha value is -2.38. The molecule has 2 aromatic rings. The highest BCUT2D eigenvalue weighted by molar-refractivity contribution is 5.94. The lowest BCUT2D eigenvalue weighted by atomic mass is 10.1. The molecule has 0 N–H and O–H groups in total. The Morgan fingerprint density at radius 1 is 1.15 bits per heavy atom. The lowest BCUT2D eigenvalue weighted by molar-refractivity contribution is 0.0664. The van der Waals surface area contributed by atoms with Crippen LogP contribution in [-0.4, -0.2) is 82.8 Å². The van der Waals surface area contributed by atoms with Crippen LogP contribution in [0.4, 0.5) is 0 Å². The summed E-state index contributed by atoms with van der Waals surface area (Å²) >= 11 is 0. The van der Waals surface area contributed by atoms with E-state index in [1.807, 2.05) is 53.3 Å². The van der Waals surface area contributed by atoms with Crippen LogP contribution < -0.4 is 4.74 Å². The maximum absolute atomic E-state index is 12.6. The molecule has 144 valence electrons. The second-order valence-corrected chi connectivity index (χ2v) is 7.54. The second kappa shape index (κ2) is 7.70. The minimum absolute atomic E-state index is 0.111. The van der Waals surface area contributed by atoms with E-state index >= 15 is 0 Å². The average Bonchev–Trinajstić information content (AvgIpc) is 3.29. The zero-order chi connectivity index (χ0) is 18.8. The van der Waals surface area contributed by atoms with Crippen molar-refractivity contribution in [1.29, 1.82) is 0 Å². The normalized spacial score (nSPS) is 22.7. The molecule has 1 amide bonds. The van der Waals surface area contributed by atoms with Crippen molar-refractivity contribution in [2.75, 3.05) is 46.4 Å². The number of aryl methyl sites for hydroxylation is 1. The van der Waals surface area contributed by atoms with Gasteiger partial charge in [-0.15, -0.1) is 0 Å². The summed E-state index contributed by atoms with van der Waals surface area (Å²) in [5.74, 6) is 0.928. The maximum atomic E-state index is 12.6. The third kappa shape index (κ3) is 4.48. The van der Waals surface area contributed by atoms with Crippen LogP contribution >= 0.6 is 0 Å². The first-order chi connectivity index (χ1) is 13.1. The summed E-state index contributed by atoms with van der Waals surface area (Å²) in [5, 5.41) is 4.20. The van der Waals surface area contributed by atoms with Gasteiger partial charge in [0.1, 0.15) is 12.4 Å². The van der Waals surface area contributed by atoms with E-state index in [4.69, 9.17) is 4.74 Å². The number of hydrogen-bond donors (Lipinski definition) is 0. The summed E-state index contributed by atoms with van der Waals surface area (Å²) in [7, 11) is 4.02. The largest absolute Gasteiger partial charge is 0.492 e. The molecule has 2 saturated heterocycles. The number of amides is 1. The van der Waals surface area contributed by atoms with Gasteiger partial charge in [-0.25, -0.2) is 0 Å². The van der Waals surface area contributed by atoms with Crippen LogP contribution in [0.3, 0.4) is 0 Å². The van der Waals surface area contributed by atoms with Crippen molar-refractivity contribution in [2.45, 2.75) is 12.6 Å². The van der Waals surface area contributed by atoms with Crippen LogP contribution in [0.1, 0.15) is 15.9 Å². The number of piperazine rings is 1. The van der Waals surface area contributed by atoms with Gasteiger partial charge in [0.15, 0.2) is 0 Å². The van der Waals surface area contributed by atoms with Gasteiger partial charge in [0.25, 0.3) is 5.91 Å². The van der Waals surface area contributed by atoms with Crippen molar-refractivity contribution >= 4 is 5.91 Å². The van der Waals surface area contributed by atoms with E-state index in [2.05, 4.69) is 21.9 Å². The number of nitrogens with zero attached hydrogens (tertiary/aromatic N) is 5. The molecule has 4 rings (SSSR count). The number of likely N-dealkylation sites (N-methyl/N-ethyl adjacent to an activating group) is 1. The Kier molecular flexibility index (Phi) is 5.13. The van der Waals surface area contributed by atoms with Crippen LogP contribution in [0.25, 0.3) is 0 Å². The second-order valence-electron chi connectivity index (χ2n) is 7.54. The molecule has 0 spiro atoms. The molecule has 27 heavy (non-hydrogen) atoms. The topological polar surface area (TPSA) is 53.6 Å². The fourth-order valence-electron chi connectivity index (χ4n) is 3.44. The zero-order valence-electron chi connectivity index (χ0n) is 16.0. The van der Waals surface area contributed by atoms with Crippen LogP contribution in [0.5, 0.6) is 5.75 Å². The Morgan fingerprint density at radius 2 is 1.89 bits per heavy atom. The first-order valence-electron chi connectivity index (χ1n) is 9.51. The maximum Gasteiger partial charge on any atom is 0.253 e. The van der Waals surface area contributed by atoms with E-state index in [1.165, 1.54) is 5.56 Å². The third-order valence-electron chi connectivity index (χ3n) is 5.31. The highest BCUT2D eigenvalue weighted by Gasteiger charge is 2.34. The SMILES string of the molecule is CN1CCN(C(=O)c2ccc(OCC3CN3Cc3cnn(C)c3)cc2)CC1. The van der Waals surface area contributed by atoms with Crippen molar-refractivity contribution in [3.05, 3.63) is 47.8 Å². The van der Waals surface area contributed by atoms with Crippen LogP contribution in [0, 0.1) is 0 Å². The molecule has 2 unspecified atom stereocenters. The van der Waals surface area contributed by atoms with E-state index < -0.39 is 0 Å². The Morgan fingerprint density at radius 3 is 2.56 bits per heavy atom. The standard InChI is InChI=1S/C20H27N5O2/c1-22-7-9-24(10-8-22)20(26)17-3-5-19(6-4-17)27-15-18-14-25(18)13-16-11-21-23(2)12-16/h3-6,11-12,18H,7-10,13-15H2,1-2H3. The molecule has 2 aliphatic heterocycles. The fourth-order valence-corrected chi connectivity index (χ4v) is 3.44. The van der Waals surface area contributed by atoms with Crippen molar-refractivity contribution < 1.29 is 9.53 Å². The number of aromatic nitrogens is 2. The van der Waals surface area contributed by atoms with E-state index in [0.717, 1.165) is 50.6 Å². The molecule has 2 aliphatic rings. The van der Waals surface area contributed by atoms with Crippen molar-refractivity contribution in [2.24, 2.45) is 7.05 Å². The van der Waals surface area contributed by atoms with Crippen molar-refractivity contribution in [1.82, 2.24) is 24.5 Å². The average molecular weight is 369 g/mol. The summed E-state index contributed by atoms with van der Waals surface area (Å²) in [4.78, 5) is 19.1. The van der Waals surface area contributed by atoms with Gasteiger partial charge >= 0.3 is 0 Å². The lowest BCUT2D eigenvalue weighted by Crippen LogP contribution is -2.47. The van der Waals surface area contributed by atoms with E-state index in [-0.39, 0.29) is 5.91 Å². The smallest absolute Gasteiger partial charge is 0.253 e. The molecular formula is C20H27N5O2. The van der Waals surface area contributed by atoms with Gasteiger partial charge in [-0.05, 0) is 31.3 Å². The Labute approximate surface area is 160 Å². The fraction of sp³-hybridized carbons (Fsp3) is 0.500. The van der Waals surface area contributed by atoms with E-state index in [9.17, 15) is 4.79 Å². The van der Waals surface area contributed by atoms with Crippen molar-refractivity contribution in [3.63, 3.8) is 0 Å². The quantitative estimate of drug-likeness (QED) is 0.713. The van der Waals surface area contributed by atoms with Gasteiger partial charge in [0.05, 0.1) is 12.2 Å². The molecule has 2 atom stereocenters. The van der Waals surface area contributed by atoms with Crippen LogP contribution in [0.15, 0.2) is 36.7 Å². The highest BCUT2D eigenvalue weighted by atomic mass is 16.5. The van der Waals surface area contributed by atoms with Gasteiger partial charge in [0, 0.05) is 63.6 Å². The van der Waals surface area contributed by atoms with Gasteiger partial charge in [0.2, 0.25) is 0 Å². The van der Waals surface area contributed by atoms with E-state index in [0.29, 0.717) is 12.6 Å². The molecule has 1 aromatic heterocycles. The molecule has 7 nitrogen and oxygen atoms in total. The van der Waals surface area contributed by atoms with Crippen LogP contribution in [0.2, 0.25) is 0 Å². The Balaban J connectivity index is 1.23. The number of carbonyl (C=O) groups is 1. The molecule has 2 fully saturated rings. The van der Waals surface area contributed by atoms with Crippen LogP contribution in [-0.2, 0) is 13.6 Å². The predicted molar refractivity (Wildman–Crippen MR) is 103 cm³/mol. The molecule has 7 heteroatoms. The molecular weight excluding hydrogens is 342 g/mol. The minimum Gasteiger partial charge on any atom is -0.492 e. The molecule has 0 bridgehead atoms. The monoisotopic (exact) mass is 369 g/mol. The number of carbonyl (C=O) groups excluding carboxylic acids is 1. The molecule has 0 radical (unpaired) electrons. The molecule has 0 saturated carbocycles. The summed E-state index contributed by atoms with van der Waals surface area (Å²) in [5.41, 5.74) is 1.96. The summed E-state index contributed by atoms with van der Waals surface area (Å²) < 4.78 is 7.73. The van der Waals surface area contributed by atoms with Gasteiger partial charge in [-0.3, -0.25) is 14.4 Å². The summed E-state index contributed by atoms with van der Waals surface area (Å²) in [6.45, 7) is 6.10. The molecule has 3 heterocycles. The highest BCUT2D eigenvalue weighted by Crippen LogP contribution is 2.22. The number of rotatable bonds is 6. The predicted octanol–water partition coefficient (Wildman–Crippen LogP) is 1.07. The van der Waals surface area contributed by atoms with Crippen molar-refractivity contribution in [3.8, 4) is 5.75 Å². The summed E-state index contributed by atoms with van der Waals surface area (Å²) in [6, 6.07) is 8.00. The minimum atomic E-state index is 0.111. The molecule has 1 aromatic carbocycles. The van der Waals surface area contributed by atoms with Gasteiger partial charge in [-0.2, -0.15) is 5.10 Å². The molecule has 0 aliphatic carbocycles. The lowest BCUT2D eigenvalue weighted by Gasteiger charge is -2.32. The first-order valence-corrected chi connectivity index (χ1v) is 9.51. The van der Waals surface area contributed by atoms with Gasteiger partial charge < -0.3 is 14.5 Å². The van der Waals surface area contributed by atoms with Gasteiger partial charge in [-0.1, -0.05) is 0 Å². The van der Waals surface area contributed by atoms with E-state index in [1.54, 1.807) is 0 Å². The zero-order valence-corrected chi connectivity index (χ0v) is 16.0. The Bertz CT molecular complexity index is 780. The number of ether oxygens (including phenoxy) is 1. The summed E-state index contributed by atoms with van der Waals surface area (Å²) in [6.07, 6.45) is 3.96. The number of hydrogen-bond acceptors (Lipinski definition) is 5.